The zero-order valence-corrected chi connectivity index (χ0v) is 36.7. The number of benzene rings is 9. The second-order valence-electron chi connectivity index (χ2n) is 18.2. The van der Waals surface area contributed by atoms with Crippen molar-refractivity contribution in [2.24, 2.45) is 0 Å². The maximum Gasteiger partial charge on any atom is 0.247 e. The van der Waals surface area contributed by atoms with Crippen LogP contribution in [0.5, 0.6) is 0 Å². The van der Waals surface area contributed by atoms with E-state index in [1.807, 2.05) is 0 Å². The highest BCUT2D eigenvalue weighted by Crippen LogP contribution is 2.49. The Hall–Kier alpha value is -8.02. The van der Waals surface area contributed by atoms with Crippen molar-refractivity contribution in [1.29, 1.82) is 0 Å². The number of hydrogen-bond donors (Lipinski definition) is 0. The summed E-state index contributed by atoms with van der Waals surface area (Å²) >= 11 is 0. The maximum absolute atomic E-state index is 2.66. The highest BCUT2D eigenvalue weighted by Gasteiger charge is 2.46. The Bertz CT molecular complexity index is 3550. The molecule has 13 rings (SSSR count). The van der Waals surface area contributed by atoms with E-state index in [0.29, 0.717) is 0 Å². The summed E-state index contributed by atoms with van der Waals surface area (Å²) in [6.45, 7) is 7.17. The van der Waals surface area contributed by atoms with E-state index in [2.05, 4.69) is 258 Å². The van der Waals surface area contributed by atoms with Gasteiger partial charge in [-0.05, 0) is 126 Å². The van der Waals surface area contributed by atoms with Gasteiger partial charge in [0.25, 0.3) is 0 Å². The van der Waals surface area contributed by atoms with Crippen LogP contribution in [0.15, 0.2) is 218 Å². The van der Waals surface area contributed by atoms with Crippen LogP contribution in [0.2, 0.25) is 0 Å². The lowest BCUT2D eigenvalue weighted by molar-refractivity contribution is 0.645. The van der Waals surface area contributed by atoms with Crippen molar-refractivity contribution in [3.8, 4) is 11.4 Å². The molecule has 308 valence electrons. The molecule has 9 aromatic carbocycles. The molecule has 0 radical (unpaired) electrons. The largest absolute Gasteiger partial charge is 0.310 e. The van der Waals surface area contributed by atoms with Crippen LogP contribution in [-0.2, 0) is 5.41 Å². The summed E-state index contributed by atoms with van der Waals surface area (Å²) in [5, 5.41) is 2.47. The number of fused-ring (bicyclic) bond motifs is 9. The first kappa shape index (κ1) is 37.5. The minimum Gasteiger partial charge on any atom is -0.310 e. The van der Waals surface area contributed by atoms with Crippen LogP contribution in [0.25, 0.3) is 44.2 Å². The van der Waals surface area contributed by atoms with E-state index in [1.165, 1.54) is 71.6 Å². The lowest BCUT2D eigenvalue weighted by Crippen LogP contribution is -2.63. The summed E-state index contributed by atoms with van der Waals surface area (Å²) in [5.74, 6) is 0. The van der Waals surface area contributed by atoms with E-state index in [1.54, 1.807) is 0 Å². The molecule has 2 aromatic heterocycles. The number of anilines is 6. The van der Waals surface area contributed by atoms with Crippen molar-refractivity contribution < 1.29 is 0 Å². The highest BCUT2D eigenvalue weighted by atomic mass is 15.2. The van der Waals surface area contributed by atoms with E-state index in [-0.39, 0.29) is 12.1 Å². The molecule has 0 saturated carbocycles. The molecule has 0 bridgehead atoms. The van der Waals surface area contributed by atoms with E-state index in [0.717, 1.165) is 39.8 Å². The smallest absolute Gasteiger partial charge is 0.247 e. The first-order chi connectivity index (χ1) is 32.0. The van der Waals surface area contributed by atoms with Gasteiger partial charge in [-0.15, -0.1) is 0 Å². The predicted molar refractivity (Wildman–Crippen MR) is 275 cm³/mol. The van der Waals surface area contributed by atoms with Gasteiger partial charge in [0.1, 0.15) is 0 Å². The quantitative estimate of drug-likeness (QED) is 0.149. The van der Waals surface area contributed by atoms with Gasteiger partial charge in [-0.3, -0.25) is 0 Å². The van der Waals surface area contributed by atoms with Crippen LogP contribution < -0.4 is 26.2 Å². The van der Waals surface area contributed by atoms with E-state index in [9.17, 15) is 0 Å². The molecule has 65 heavy (non-hydrogen) atoms. The third kappa shape index (κ3) is 5.45. The molecule has 2 aliphatic rings. The summed E-state index contributed by atoms with van der Waals surface area (Å²) < 4.78 is 5.18. The fourth-order valence-electron chi connectivity index (χ4n) is 11.4. The molecule has 0 unspecified atom stereocenters. The maximum atomic E-state index is 2.66. The molecular weight excluding hydrogens is 787 g/mol. The van der Waals surface area contributed by atoms with Crippen LogP contribution in [0.1, 0.15) is 30.5 Å². The number of aromatic nitrogens is 2. The van der Waals surface area contributed by atoms with Crippen LogP contribution in [0, 0.1) is 6.92 Å². The van der Waals surface area contributed by atoms with Gasteiger partial charge in [-0.1, -0.05) is 147 Å². The fraction of sp³-hybridized carbons (Fsp3) is 0.0667. The predicted octanol–water partition coefficient (Wildman–Crippen LogP) is 13.4. The molecule has 0 fully saturated rings. The number of rotatable bonds is 7. The van der Waals surface area contributed by atoms with E-state index >= 15 is 0 Å². The van der Waals surface area contributed by atoms with Crippen molar-refractivity contribution >= 4 is 90.1 Å². The SMILES string of the molecule is Cc1cc2c3c(c1)C(C)(C)c1cc(N(c4ccccc4)c4ccccc4)ccc1B3c1ccc(N(c3ccccc3)c3ccccc3)c3c1n-2c1c2ccccc2n(-c2ccccc2)c31. The molecule has 4 nitrogen and oxygen atoms in total. The lowest BCUT2D eigenvalue weighted by atomic mass is 9.30. The molecule has 5 heteroatoms. The van der Waals surface area contributed by atoms with E-state index in [4.69, 9.17) is 0 Å². The normalized spacial score (nSPS) is 13.2. The third-order valence-electron chi connectivity index (χ3n) is 14.1. The second-order valence-corrected chi connectivity index (χ2v) is 18.2. The average molecular weight is 833 g/mol. The molecule has 0 saturated heterocycles. The summed E-state index contributed by atoms with van der Waals surface area (Å²) in [4.78, 5) is 4.85. The lowest BCUT2D eigenvalue weighted by Gasteiger charge is -2.43. The van der Waals surface area contributed by atoms with Crippen LogP contribution in [0.4, 0.5) is 34.1 Å². The van der Waals surface area contributed by atoms with Gasteiger partial charge in [0.2, 0.25) is 6.71 Å². The Balaban J connectivity index is 1.17. The molecule has 0 amide bonds. The van der Waals surface area contributed by atoms with Crippen molar-refractivity contribution in [2.75, 3.05) is 9.80 Å². The van der Waals surface area contributed by atoms with Crippen LogP contribution in [-0.4, -0.2) is 15.8 Å². The van der Waals surface area contributed by atoms with Gasteiger partial charge in [0, 0.05) is 56.0 Å². The Labute approximate surface area is 380 Å². The van der Waals surface area contributed by atoms with E-state index < -0.39 is 0 Å². The molecule has 0 aliphatic carbocycles. The summed E-state index contributed by atoms with van der Waals surface area (Å²) in [5.41, 5.74) is 21.9. The number of para-hydroxylation sites is 6. The van der Waals surface area contributed by atoms with Gasteiger partial charge in [-0.25, -0.2) is 0 Å². The minimum atomic E-state index is -0.296. The Morgan fingerprint density at radius 2 is 0.969 bits per heavy atom. The standard InChI is InChI=1S/C60H45BN4/c1-40-37-49-56-54(38-40)65-57-47-31-19-20-32-52(47)64(45-29-17-8-18-30-45)59(57)55-53(63(43-25-13-6-14-26-43)44-27-15-7-16-28-44)36-35-51(58(55)65)61(56)50-34-33-46(39-48(50)60(49,2)3)62(41-21-9-4-10-22-41)42-23-11-5-12-24-42/h4-39H,1-3H3. The Morgan fingerprint density at radius 1 is 0.431 bits per heavy atom. The fourth-order valence-corrected chi connectivity index (χ4v) is 11.4. The zero-order chi connectivity index (χ0) is 43.4. The van der Waals surface area contributed by atoms with Crippen LogP contribution >= 0.6 is 0 Å². The summed E-state index contributed by atoms with van der Waals surface area (Å²) in [6, 6.07) is 80.3. The van der Waals surface area contributed by atoms with Gasteiger partial charge >= 0.3 is 0 Å². The molecule has 0 N–H and O–H groups in total. The molecule has 11 aromatic rings. The zero-order valence-electron chi connectivity index (χ0n) is 36.7. The van der Waals surface area contributed by atoms with Gasteiger partial charge < -0.3 is 18.9 Å². The van der Waals surface area contributed by atoms with Gasteiger partial charge in [0.15, 0.2) is 0 Å². The Kier molecular flexibility index (Phi) is 8.23. The second kappa shape index (κ2) is 14.3. The summed E-state index contributed by atoms with van der Waals surface area (Å²) in [7, 11) is 0. The number of aryl methyl sites for hydroxylation is 1. The first-order valence-electron chi connectivity index (χ1n) is 22.7. The monoisotopic (exact) mass is 832 g/mol. The molecule has 0 atom stereocenters. The molecule has 4 heterocycles. The minimum absolute atomic E-state index is 0.0148. The Morgan fingerprint density at radius 3 is 1.58 bits per heavy atom. The van der Waals surface area contributed by atoms with Crippen molar-refractivity contribution in [1.82, 2.24) is 9.13 Å². The van der Waals surface area contributed by atoms with Crippen molar-refractivity contribution in [3.63, 3.8) is 0 Å². The third-order valence-corrected chi connectivity index (χ3v) is 14.1. The molecule has 2 aliphatic heterocycles. The highest BCUT2D eigenvalue weighted by molar-refractivity contribution is 6.99. The van der Waals surface area contributed by atoms with Crippen molar-refractivity contribution in [2.45, 2.75) is 26.2 Å². The topological polar surface area (TPSA) is 16.3 Å². The molecular formula is C60H45BN4. The number of hydrogen-bond acceptors (Lipinski definition) is 2. The van der Waals surface area contributed by atoms with Gasteiger partial charge in [0.05, 0.1) is 27.8 Å². The van der Waals surface area contributed by atoms with Crippen LogP contribution in [0.3, 0.4) is 0 Å². The van der Waals surface area contributed by atoms with Gasteiger partial charge in [-0.2, -0.15) is 0 Å². The van der Waals surface area contributed by atoms with Crippen molar-refractivity contribution in [3.05, 3.63) is 235 Å². The number of nitrogens with zero attached hydrogens (tertiary/aromatic N) is 4. The average Bonchev–Trinajstić information content (AvgIpc) is 3.88. The summed E-state index contributed by atoms with van der Waals surface area (Å²) in [6.07, 6.45) is 0. The molecule has 0 spiro atoms. The first-order valence-corrected chi connectivity index (χ1v) is 22.7.